The van der Waals surface area contributed by atoms with Crippen molar-refractivity contribution < 1.29 is 34.2 Å². The molecule has 3 atom stereocenters. The lowest BCUT2D eigenvalue weighted by Crippen LogP contribution is -2.42. The SMILES string of the molecule is Cc1cc2cc3c(=O)[nH]c(=O)[nH]c3n(CC(O)C(O)C(O)COP(=O)(O)O)c-2cc1=O. The van der Waals surface area contributed by atoms with Crippen LogP contribution in [0.15, 0.2) is 32.6 Å². The van der Waals surface area contributed by atoms with Gasteiger partial charge in [-0.1, -0.05) is 0 Å². The molecule has 1 aliphatic heterocycles. The lowest BCUT2D eigenvalue weighted by Gasteiger charge is -2.26. The summed E-state index contributed by atoms with van der Waals surface area (Å²) >= 11 is 0. The molecule has 0 amide bonds. The summed E-state index contributed by atoms with van der Waals surface area (Å²) in [4.78, 5) is 58.1. The maximum atomic E-state index is 12.3. The van der Waals surface area contributed by atoms with E-state index in [2.05, 4.69) is 14.5 Å². The summed E-state index contributed by atoms with van der Waals surface area (Å²) in [6.45, 7) is 0.108. The molecular formula is C17H20N3O10P. The number of phosphoric ester groups is 1. The first-order chi connectivity index (χ1) is 14.4. The predicted octanol–water partition coefficient (Wildman–Crippen LogP) is -2.02. The fraction of sp³-hybridized carbons (Fsp3) is 0.353. The summed E-state index contributed by atoms with van der Waals surface area (Å²) in [6, 6.07) is 4.20. The van der Waals surface area contributed by atoms with Crippen LogP contribution in [-0.4, -0.2) is 64.6 Å². The van der Waals surface area contributed by atoms with Gasteiger partial charge < -0.3 is 29.7 Å². The second kappa shape index (κ2) is 8.48. The molecule has 31 heavy (non-hydrogen) atoms. The van der Waals surface area contributed by atoms with Crippen LogP contribution in [0.2, 0.25) is 0 Å². The number of aliphatic hydroxyl groups is 3. The van der Waals surface area contributed by atoms with Crippen molar-refractivity contribution in [3.8, 4) is 11.3 Å². The van der Waals surface area contributed by atoms with Crippen molar-refractivity contribution in [2.24, 2.45) is 0 Å². The monoisotopic (exact) mass is 457 g/mol. The minimum atomic E-state index is -4.91. The van der Waals surface area contributed by atoms with Crippen LogP contribution in [0.3, 0.4) is 0 Å². The van der Waals surface area contributed by atoms with Crippen LogP contribution >= 0.6 is 7.82 Å². The Morgan fingerprint density at radius 3 is 2.39 bits per heavy atom. The van der Waals surface area contributed by atoms with Crippen molar-refractivity contribution in [3.05, 3.63) is 54.8 Å². The van der Waals surface area contributed by atoms with Gasteiger partial charge in [-0.25, -0.2) is 9.36 Å². The molecule has 3 unspecified atom stereocenters. The minimum absolute atomic E-state index is 0.0391. The first-order valence-corrected chi connectivity index (χ1v) is 10.4. The third-order valence-corrected chi connectivity index (χ3v) is 5.20. The Morgan fingerprint density at radius 1 is 1.06 bits per heavy atom. The van der Waals surface area contributed by atoms with E-state index in [1.807, 2.05) is 0 Å². The van der Waals surface area contributed by atoms with Crippen molar-refractivity contribution in [1.29, 1.82) is 0 Å². The first kappa shape index (κ1) is 23.0. The van der Waals surface area contributed by atoms with E-state index in [1.165, 1.54) is 22.8 Å². The van der Waals surface area contributed by atoms with Gasteiger partial charge in [-0.2, -0.15) is 0 Å². The Hall–Kier alpha value is -2.64. The van der Waals surface area contributed by atoms with E-state index in [4.69, 9.17) is 9.79 Å². The zero-order chi connectivity index (χ0) is 23.1. The van der Waals surface area contributed by atoms with Gasteiger partial charge in [0.1, 0.15) is 24.0 Å². The Kier molecular flexibility index (Phi) is 6.30. The van der Waals surface area contributed by atoms with Gasteiger partial charge in [0.05, 0.1) is 24.2 Å². The van der Waals surface area contributed by atoms with Gasteiger partial charge in [-0.3, -0.25) is 24.1 Å². The summed E-state index contributed by atoms with van der Waals surface area (Å²) in [5, 5.41) is 30.5. The van der Waals surface area contributed by atoms with Crippen molar-refractivity contribution in [1.82, 2.24) is 14.5 Å². The molecule has 0 aromatic carbocycles. The van der Waals surface area contributed by atoms with Crippen LogP contribution in [0.1, 0.15) is 5.56 Å². The summed E-state index contributed by atoms with van der Waals surface area (Å²) in [5.41, 5.74) is -0.890. The van der Waals surface area contributed by atoms with Crippen LogP contribution in [0.25, 0.3) is 22.3 Å². The van der Waals surface area contributed by atoms with Crippen molar-refractivity contribution >= 4 is 18.9 Å². The van der Waals surface area contributed by atoms with Gasteiger partial charge in [0, 0.05) is 6.07 Å². The fourth-order valence-electron chi connectivity index (χ4n) is 3.17. The number of pyridine rings is 1. The van der Waals surface area contributed by atoms with Gasteiger partial charge in [-0.05, 0) is 30.2 Å². The second-order valence-corrected chi connectivity index (χ2v) is 8.25. The molecule has 1 aromatic heterocycles. The number of hydrogen-bond acceptors (Lipinski definition) is 8. The number of nitrogens with one attached hydrogen (secondary N) is 2. The lowest BCUT2D eigenvalue weighted by atomic mass is 10.0. The Labute approximate surface area is 172 Å². The molecule has 168 valence electrons. The first-order valence-electron chi connectivity index (χ1n) is 8.92. The van der Waals surface area contributed by atoms with E-state index < -0.39 is 50.5 Å². The molecule has 1 aromatic rings. The Bertz CT molecular complexity index is 1310. The highest BCUT2D eigenvalue weighted by atomic mass is 31.2. The average Bonchev–Trinajstić information content (AvgIpc) is 2.67. The molecule has 1 aliphatic carbocycles. The fourth-order valence-corrected chi connectivity index (χ4v) is 3.52. The summed E-state index contributed by atoms with van der Waals surface area (Å²) in [7, 11) is -4.91. The van der Waals surface area contributed by atoms with E-state index in [0.29, 0.717) is 11.1 Å². The number of rotatable bonds is 7. The molecule has 2 heterocycles. The van der Waals surface area contributed by atoms with Gasteiger partial charge in [0.2, 0.25) is 0 Å². The van der Waals surface area contributed by atoms with E-state index in [9.17, 15) is 34.3 Å². The molecule has 3 rings (SSSR count). The van der Waals surface area contributed by atoms with Crippen LogP contribution in [0, 0.1) is 6.92 Å². The minimum Gasteiger partial charge on any atom is -0.388 e. The number of hydrogen-bond donors (Lipinski definition) is 7. The number of aromatic amines is 2. The highest BCUT2D eigenvalue weighted by Crippen LogP contribution is 2.36. The van der Waals surface area contributed by atoms with Crippen molar-refractivity contribution in [2.45, 2.75) is 31.8 Å². The number of nitrogens with zero attached hydrogens (tertiary/aromatic N) is 1. The average molecular weight is 457 g/mol. The van der Waals surface area contributed by atoms with E-state index >= 15 is 0 Å². The molecule has 7 N–H and O–H groups in total. The quantitative estimate of drug-likeness (QED) is 0.153. The maximum absolute atomic E-state index is 12.3. The molecule has 0 saturated heterocycles. The number of benzene rings is 1. The molecule has 14 heteroatoms. The van der Waals surface area contributed by atoms with Crippen molar-refractivity contribution in [2.75, 3.05) is 6.61 Å². The Morgan fingerprint density at radius 2 is 1.74 bits per heavy atom. The standard InChI is InChI=1S/C17H20N3O10P/c1-7-2-8-3-9-15(18-17(26)19-16(9)25)20(10(8)4-11(7)21)5-12(22)14(24)13(23)6-30-31(27,28)29/h2-4,12-14,22-24H,5-6H2,1H3,(H2,27,28,29)(H2,18,19,25,26). The van der Waals surface area contributed by atoms with Crippen LogP contribution < -0.4 is 16.7 Å². The van der Waals surface area contributed by atoms with E-state index in [1.54, 1.807) is 6.92 Å². The zero-order valence-corrected chi connectivity index (χ0v) is 16.9. The number of phosphoric acid groups is 1. The third kappa shape index (κ3) is 4.99. The lowest BCUT2D eigenvalue weighted by molar-refractivity contribution is -0.0792. The topological polar surface area (TPSA) is 215 Å². The molecule has 0 radical (unpaired) electrons. The highest BCUT2D eigenvalue weighted by molar-refractivity contribution is 7.46. The van der Waals surface area contributed by atoms with Gasteiger partial charge in [-0.15, -0.1) is 0 Å². The molecule has 0 bridgehead atoms. The normalized spacial score (nSPS) is 15.3. The summed E-state index contributed by atoms with van der Waals surface area (Å²) < 4.78 is 16.1. The zero-order valence-electron chi connectivity index (χ0n) is 16.1. The van der Waals surface area contributed by atoms with Crippen molar-refractivity contribution in [3.63, 3.8) is 0 Å². The number of fused-ring (bicyclic) bond motifs is 2. The van der Waals surface area contributed by atoms with Gasteiger partial charge in [0.15, 0.2) is 5.43 Å². The van der Waals surface area contributed by atoms with E-state index in [-0.39, 0.29) is 22.2 Å². The smallest absolute Gasteiger partial charge is 0.388 e. The van der Waals surface area contributed by atoms with Crippen LogP contribution in [-0.2, 0) is 15.6 Å². The maximum Gasteiger partial charge on any atom is 0.469 e. The van der Waals surface area contributed by atoms with Gasteiger partial charge >= 0.3 is 13.5 Å². The largest absolute Gasteiger partial charge is 0.469 e. The molecule has 2 aliphatic rings. The van der Waals surface area contributed by atoms with Gasteiger partial charge in [0.25, 0.3) is 5.56 Å². The number of H-pyrrole nitrogens is 2. The molecular weight excluding hydrogens is 437 g/mol. The van der Waals surface area contributed by atoms with Crippen LogP contribution in [0.4, 0.5) is 0 Å². The molecule has 0 spiro atoms. The molecule has 0 fully saturated rings. The summed E-state index contributed by atoms with van der Waals surface area (Å²) in [6.07, 6.45) is -5.53. The molecule has 0 saturated carbocycles. The summed E-state index contributed by atoms with van der Waals surface area (Å²) in [5.74, 6) is 0. The third-order valence-electron chi connectivity index (χ3n) is 4.72. The number of aliphatic hydroxyl groups excluding tert-OH is 3. The van der Waals surface area contributed by atoms with Crippen LogP contribution in [0.5, 0.6) is 0 Å². The second-order valence-electron chi connectivity index (χ2n) is 7.01. The number of aromatic nitrogens is 3. The molecule has 13 nitrogen and oxygen atoms in total. The predicted molar refractivity (Wildman–Crippen MR) is 107 cm³/mol. The number of aryl methyl sites for hydroxylation is 1. The van der Waals surface area contributed by atoms with E-state index in [0.717, 1.165) is 0 Å². The highest BCUT2D eigenvalue weighted by Gasteiger charge is 2.29. The Balaban J connectivity index is 2.08.